The molecule has 0 aliphatic heterocycles. The molecule has 1 amide bonds. The number of nitrogens with zero attached hydrogens (tertiary/aromatic N) is 2. The molecule has 3 aromatic rings. The Morgan fingerprint density at radius 2 is 2.04 bits per heavy atom. The monoisotopic (exact) mass is 373 g/mol. The lowest BCUT2D eigenvalue weighted by Gasteiger charge is -2.12. The van der Waals surface area contributed by atoms with Crippen molar-refractivity contribution in [3.05, 3.63) is 71.0 Å². The van der Waals surface area contributed by atoms with E-state index in [9.17, 15) is 9.18 Å². The molecule has 2 aromatic carbocycles. The molecule has 7 heteroatoms. The highest BCUT2D eigenvalue weighted by atomic mass is 35.5. The predicted molar refractivity (Wildman–Crippen MR) is 98.7 cm³/mol. The lowest BCUT2D eigenvalue weighted by atomic mass is 10.2. The van der Waals surface area contributed by atoms with Crippen molar-refractivity contribution in [2.75, 3.05) is 19.4 Å². The van der Waals surface area contributed by atoms with Crippen molar-refractivity contribution in [2.24, 2.45) is 0 Å². The van der Waals surface area contributed by atoms with Crippen LogP contribution in [0.4, 0.5) is 10.1 Å². The van der Waals surface area contributed by atoms with E-state index in [2.05, 4.69) is 10.3 Å². The zero-order valence-electron chi connectivity index (χ0n) is 14.3. The summed E-state index contributed by atoms with van der Waals surface area (Å²) in [6.45, 7) is 0.244. The molecule has 0 radical (unpaired) electrons. The van der Waals surface area contributed by atoms with Crippen LogP contribution in [0.5, 0.6) is 0 Å². The molecule has 0 bridgehead atoms. The predicted octanol–water partition coefficient (Wildman–Crippen LogP) is 4.45. The summed E-state index contributed by atoms with van der Waals surface area (Å²) in [6.07, 6.45) is 1.48. The van der Waals surface area contributed by atoms with Gasteiger partial charge in [0.2, 0.25) is 5.89 Å². The number of benzene rings is 2. The van der Waals surface area contributed by atoms with E-state index in [0.29, 0.717) is 33.5 Å². The molecule has 0 aliphatic rings. The molecule has 0 unspecified atom stereocenters. The number of rotatable bonds is 5. The van der Waals surface area contributed by atoms with E-state index in [-0.39, 0.29) is 18.3 Å². The second-order valence-electron chi connectivity index (χ2n) is 5.85. The molecular formula is C19H17ClFN3O2. The lowest BCUT2D eigenvalue weighted by Crippen LogP contribution is -2.21. The molecule has 0 spiro atoms. The van der Waals surface area contributed by atoms with Crippen LogP contribution in [0.1, 0.15) is 16.2 Å². The van der Waals surface area contributed by atoms with Crippen LogP contribution in [0.15, 0.2) is 53.1 Å². The first-order valence-corrected chi connectivity index (χ1v) is 8.28. The van der Waals surface area contributed by atoms with Crippen LogP contribution in [0.3, 0.4) is 0 Å². The highest BCUT2D eigenvalue weighted by molar-refractivity contribution is 6.33. The molecule has 26 heavy (non-hydrogen) atoms. The minimum absolute atomic E-state index is 0.123. The SMILES string of the molecule is CN(C)C(=O)c1ccc(Cl)c(NCc2ncc(-c3ccccc3F)o2)c1. The number of carbonyl (C=O) groups excluding carboxylic acids is 1. The molecule has 0 atom stereocenters. The highest BCUT2D eigenvalue weighted by Crippen LogP contribution is 2.26. The Morgan fingerprint density at radius 1 is 1.27 bits per heavy atom. The number of anilines is 1. The maximum absolute atomic E-state index is 13.8. The summed E-state index contributed by atoms with van der Waals surface area (Å²) in [5.74, 6) is 0.231. The number of aromatic nitrogens is 1. The zero-order valence-corrected chi connectivity index (χ0v) is 15.0. The van der Waals surface area contributed by atoms with Gasteiger partial charge in [-0.05, 0) is 30.3 Å². The molecule has 134 valence electrons. The maximum Gasteiger partial charge on any atom is 0.253 e. The Labute approximate surface area is 155 Å². The van der Waals surface area contributed by atoms with Crippen LogP contribution in [0.25, 0.3) is 11.3 Å². The molecule has 0 aliphatic carbocycles. The van der Waals surface area contributed by atoms with Crippen LogP contribution in [-0.4, -0.2) is 29.9 Å². The third-order valence-corrected chi connectivity index (χ3v) is 4.07. The van der Waals surface area contributed by atoms with Gasteiger partial charge in [-0.15, -0.1) is 0 Å². The van der Waals surface area contributed by atoms with Gasteiger partial charge in [0, 0.05) is 19.7 Å². The summed E-state index contributed by atoms with van der Waals surface area (Å²) in [6, 6.07) is 11.3. The Hall–Kier alpha value is -2.86. The molecule has 0 saturated carbocycles. The number of hydrogen-bond donors (Lipinski definition) is 1. The summed E-state index contributed by atoms with van der Waals surface area (Å²) in [7, 11) is 3.36. The Balaban J connectivity index is 1.75. The maximum atomic E-state index is 13.8. The molecule has 1 N–H and O–H groups in total. The third-order valence-electron chi connectivity index (χ3n) is 3.74. The second-order valence-corrected chi connectivity index (χ2v) is 6.25. The van der Waals surface area contributed by atoms with E-state index in [0.717, 1.165) is 0 Å². The summed E-state index contributed by atoms with van der Waals surface area (Å²) in [5.41, 5.74) is 1.45. The second kappa shape index (κ2) is 7.58. The average Bonchev–Trinajstić information content (AvgIpc) is 3.09. The van der Waals surface area contributed by atoms with E-state index < -0.39 is 0 Å². The molecule has 0 fully saturated rings. The number of halogens is 2. The van der Waals surface area contributed by atoms with Gasteiger partial charge >= 0.3 is 0 Å². The van der Waals surface area contributed by atoms with Crippen LogP contribution >= 0.6 is 11.6 Å². The van der Waals surface area contributed by atoms with Gasteiger partial charge in [-0.25, -0.2) is 9.37 Å². The van der Waals surface area contributed by atoms with E-state index in [1.165, 1.54) is 17.2 Å². The van der Waals surface area contributed by atoms with Gasteiger partial charge < -0.3 is 14.6 Å². The van der Waals surface area contributed by atoms with Crippen molar-refractivity contribution >= 4 is 23.2 Å². The number of hydrogen-bond acceptors (Lipinski definition) is 4. The third kappa shape index (κ3) is 3.86. The summed E-state index contributed by atoms with van der Waals surface area (Å²) in [4.78, 5) is 17.7. The van der Waals surface area contributed by atoms with E-state index in [1.54, 1.807) is 50.5 Å². The average molecular weight is 374 g/mol. The molecule has 3 rings (SSSR count). The Kier molecular flexibility index (Phi) is 5.23. The van der Waals surface area contributed by atoms with Gasteiger partial charge in [-0.2, -0.15) is 0 Å². The number of nitrogens with one attached hydrogen (secondary N) is 1. The zero-order chi connectivity index (χ0) is 18.7. The minimum Gasteiger partial charge on any atom is -0.439 e. The van der Waals surface area contributed by atoms with Crippen molar-refractivity contribution in [3.63, 3.8) is 0 Å². The van der Waals surface area contributed by atoms with Crippen molar-refractivity contribution in [3.8, 4) is 11.3 Å². The minimum atomic E-state index is -0.374. The molecule has 0 saturated heterocycles. The van der Waals surface area contributed by atoms with Crippen LogP contribution in [-0.2, 0) is 6.54 Å². The van der Waals surface area contributed by atoms with Crippen molar-refractivity contribution < 1.29 is 13.6 Å². The molecular weight excluding hydrogens is 357 g/mol. The van der Waals surface area contributed by atoms with Crippen molar-refractivity contribution in [2.45, 2.75) is 6.54 Å². The summed E-state index contributed by atoms with van der Waals surface area (Å²) >= 11 is 6.18. The van der Waals surface area contributed by atoms with Gasteiger partial charge in [0.05, 0.1) is 29.0 Å². The first-order chi connectivity index (χ1) is 12.5. The molecule has 1 heterocycles. The van der Waals surface area contributed by atoms with E-state index >= 15 is 0 Å². The fourth-order valence-electron chi connectivity index (χ4n) is 2.40. The molecule has 5 nitrogen and oxygen atoms in total. The number of amides is 1. The fraction of sp³-hybridized carbons (Fsp3) is 0.158. The lowest BCUT2D eigenvalue weighted by molar-refractivity contribution is 0.0827. The van der Waals surface area contributed by atoms with E-state index in [1.807, 2.05) is 0 Å². The van der Waals surface area contributed by atoms with Gasteiger partial charge in [-0.1, -0.05) is 23.7 Å². The number of carbonyl (C=O) groups is 1. The Bertz CT molecular complexity index is 940. The van der Waals surface area contributed by atoms with Gasteiger partial charge in [0.25, 0.3) is 5.91 Å². The summed E-state index contributed by atoms with van der Waals surface area (Å²) in [5, 5.41) is 3.56. The quantitative estimate of drug-likeness (QED) is 0.718. The van der Waals surface area contributed by atoms with Gasteiger partial charge in [0.15, 0.2) is 5.76 Å². The van der Waals surface area contributed by atoms with Crippen LogP contribution in [0.2, 0.25) is 5.02 Å². The van der Waals surface area contributed by atoms with Crippen molar-refractivity contribution in [1.29, 1.82) is 0 Å². The highest BCUT2D eigenvalue weighted by Gasteiger charge is 2.13. The Morgan fingerprint density at radius 3 is 2.77 bits per heavy atom. The van der Waals surface area contributed by atoms with Crippen LogP contribution < -0.4 is 5.32 Å². The normalized spacial score (nSPS) is 10.6. The van der Waals surface area contributed by atoms with E-state index in [4.69, 9.17) is 16.0 Å². The smallest absolute Gasteiger partial charge is 0.253 e. The van der Waals surface area contributed by atoms with Gasteiger partial charge in [0.1, 0.15) is 5.82 Å². The van der Waals surface area contributed by atoms with Crippen molar-refractivity contribution in [1.82, 2.24) is 9.88 Å². The standard InChI is InChI=1S/C19H17ClFN3O2/c1-24(2)19(25)12-7-8-14(20)16(9-12)22-11-18-23-10-17(26-18)13-5-3-4-6-15(13)21/h3-10,22H,11H2,1-2H3. The first-order valence-electron chi connectivity index (χ1n) is 7.90. The largest absolute Gasteiger partial charge is 0.439 e. The topological polar surface area (TPSA) is 58.4 Å². The number of oxazole rings is 1. The summed E-state index contributed by atoms with van der Waals surface area (Å²) < 4.78 is 19.4. The fourth-order valence-corrected chi connectivity index (χ4v) is 2.58. The first kappa shape index (κ1) is 17.9. The van der Waals surface area contributed by atoms with Gasteiger partial charge in [-0.3, -0.25) is 4.79 Å². The molecule has 1 aromatic heterocycles. The van der Waals surface area contributed by atoms with Crippen LogP contribution in [0, 0.1) is 5.82 Å².